The third-order valence-electron chi connectivity index (χ3n) is 8.95. The van der Waals surface area contributed by atoms with Crippen LogP contribution < -0.4 is 9.80 Å². The number of aromatic nitrogens is 1. The molecule has 0 unspecified atom stereocenters. The first-order valence-corrected chi connectivity index (χ1v) is 15.2. The van der Waals surface area contributed by atoms with E-state index in [-0.39, 0.29) is 6.17 Å². The molecule has 0 amide bonds. The van der Waals surface area contributed by atoms with Gasteiger partial charge in [-0.2, -0.15) is 4.98 Å². The Labute approximate surface area is 257 Å². The van der Waals surface area contributed by atoms with Gasteiger partial charge in [0, 0.05) is 22.2 Å². The highest BCUT2D eigenvalue weighted by molar-refractivity contribution is 6.09. The zero-order chi connectivity index (χ0) is 29.9. The molecule has 1 atom stereocenters. The first-order valence-electron chi connectivity index (χ1n) is 15.2. The monoisotopic (exact) mass is 571 g/mol. The minimum atomic E-state index is -0.0650. The predicted octanol–water partition coefficient (Wildman–Crippen LogP) is 10.9. The fourth-order valence-corrected chi connectivity index (χ4v) is 6.80. The van der Waals surface area contributed by atoms with Gasteiger partial charge in [0.2, 0.25) is 5.71 Å². The van der Waals surface area contributed by atoms with Gasteiger partial charge in [-0.05, 0) is 67.6 Å². The molecule has 2 aromatic heterocycles. The van der Waals surface area contributed by atoms with Crippen LogP contribution in [0, 0.1) is 20.8 Å². The van der Waals surface area contributed by atoms with Crippen LogP contribution >= 0.6 is 0 Å². The number of anilines is 4. The molecule has 0 spiro atoms. The number of pyridine rings is 1. The van der Waals surface area contributed by atoms with Gasteiger partial charge in [-0.15, -0.1) is 0 Å². The van der Waals surface area contributed by atoms with E-state index in [2.05, 4.69) is 159 Å². The maximum Gasteiger partial charge on any atom is 0.229 e. The summed E-state index contributed by atoms with van der Waals surface area (Å²) in [5.41, 5.74) is 13.2. The number of benzene rings is 5. The van der Waals surface area contributed by atoms with Crippen molar-refractivity contribution in [3.63, 3.8) is 0 Å². The summed E-state index contributed by atoms with van der Waals surface area (Å²) in [6, 6.07) is 43.3. The van der Waals surface area contributed by atoms with Crippen molar-refractivity contribution in [1.29, 1.82) is 0 Å². The van der Waals surface area contributed by atoms with E-state index in [1.807, 2.05) is 0 Å². The molecular weight excluding hydrogens is 538 g/mol. The highest BCUT2D eigenvalue weighted by Gasteiger charge is 2.40. The lowest BCUT2D eigenvalue weighted by Crippen LogP contribution is -2.36. The third kappa shape index (κ3) is 4.02. The third-order valence-corrected chi connectivity index (χ3v) is 8.95. The van der Waals surface area contributed by atoms with E-state index in [0.29, 0.717) is 5.71 Å². The Morgan fingerprint density at radius 1 is 0.591 bits per heavy atom. The lowest BCUT2D eigenvalue weighted by atomic mass is 9.94. The quantitative estimate of drug-likeness (QED) is 0.210. The number of para-hydroxylation sites is 2. The van der Waals surface area contributed by atoms with Crippen molar-refractivity contribution in [3.8, 4) is 22.3 Å². The summed E-state index contributed by atoms with van der Waals surface area (Å²) in [5, 5.41) is 2.12. The molecule has 0 saturated carbocycles. The fraction of sp³-hybridized carbons (Fsp3) is 0.125. The summed E-state index contributed by atoms with van der Waals surface area (Å²) in [6.45, 7) is 8.71. The second-order valence-corrected chi connectivity index (χ2v) is 11.8. The lowest BCUT2D eigenvalue weighted by molar-refractivity contribution is 0.650. The molecule has 4 heteroatoms. The molecule has 1 aliphatic heterocycles. The summed E-state index contributed by atoms with van der Waals surface area (Å²) in [5.74, 6) is 0.900. The van der Waals surface area contributed by atoms with Crippen molar-refractivity contribution in [2.75, 3.05) is 9.80 Å². The number of furan rings is 1. The van der Waals surface area contributed by atoms with Crippen molar-refractivity contribution in [3.05, 3.63) is 138 Å². The van der Waals surface area contributed by atoms with Crippen LogP contribution in [0.2, 0.25) is 0 Å². The Bertz CT molecular complexity index is 2130. The molecule has 0 radical (unpaired) electrons. The molecule has 4 nitrogen and oxygen atoms in total. The van der Waals surface area contributed by atoms with Gasteiger partial charge in [-0.25, -0.2) is 0 Å². The minimum absolute atomic E-state index is 0.0650. The van der Waals surface area contributed by atoms with Gasteiger partial charge in [-0.1, -0.05) is 109 Å². The van der Waals surface area contributed by atoms with Crippen LogP contribution in [0.3, 0.4) is 0 Å². The number of hydrogen-bond acceptors (Lipinski definition) is 4. The Morgan fingerprint density at radius 2 is 1.25 bits per heavy atom. The van der Waals surface area contributed by atoms with E-state index in [1.165, 1.54) is 33.4 Å². The molecule has 3 heterocycles. The number of rotatable bonds is 4. The lowest BCUT2D eigenvalue weighted by Gasteiger charge is -2.33. The maximum absolute atomic E-state index is 6.45. The smallest absolute Gasteiger partial charge is 0.229 e. The van der Waals surface area contributed by atoms with Crippen LogP contribution in [0.5, 0.6) is 0 Å². The summed E-state index contributed by atoms with van der Waals surface area (Å²) < 4.78 is 6.45. The standard InChI is InChI=1S/C40H33N3O/c1-25-21-22-26(2)35(23-25)43-28(4)42(36-24-34-33-20-11-13-27(3)38(33)44-40(34)41-39(36)43)37-31(29-14-7-5-8-15-29)18-12-19-32(37)30-16-9-6-10-17-30/h5-24,28H,1-4H3/t28-/m0/s1. The molecular formula is C40H33N3O. The average molecular weight is 572 g/mol. The number of aryl methyl sites for hydroxylation is 3. The Balaban J connectivity index is 1.47. The van der Waals surface area contributed by atoms with Crippen LogP contribution in [0.4, 0.5) is 22.9 Å². The molecule has 214 valence electrons. The first-order chi connectivity index (χ1) is 21.5. The maximum atomic E-state index is 6.45. The van der Waals surface area contributed by atoms with Gasteiger partial charge >= 0.3 is 0 Å². The van der Waals surface area contributed by atoms with Crippen molar-refractivity contribution in [2.24, 2.45) is 0 Å². The van der Waals surface area contributed by atoms with Crippen molar-refractivity contribution in [2.45, 2.75) is 33.9 Å². The van der Waals surface area contributed by atoms with Crippen molar-refractivity contribution >= 4 is 44.9 Å². The van der Waals surface area contributed by atoms with Crippen molar-refractivity contribution < 1.29 is 4.42 Å². The molecule has 8 rings (SSSR count). The normalized spacial score (nSPS) is 14.5. The summed E-state index contributed by atoms with van der Waals surface area (Å²) >= 11 is 0. The van der Waals surface area contributed by atoms with E-state index in [0.717, 1.165) is 44.8 Å². The topological polar surface area (TPSA) is 32.5 Å². The molecule has 5 aromatic carbocycles. The van der Waals surface area contributed by atoms with Gasteiger partial charge in [0.05, 0.1) is 16.8 Å². The second-order valence-electron chi connectivity index (χ2n) is 11.8. The van der Waals surface area contributed by atoms with Gasteiger partial charge in [0.15, 0.2) is 5.82 Å². The predicted molar refractivity (Wildman–Crippen MR) is 183 cm³/mol. The second kappa shape index (κ2) is 10.1. The summed E-state index contributed by atoms with van der Waals surface area (Å²) in [6.07, 6.45) is -0.0650. The SMILES string of the molecule is Cc1ccc(C)c(N2c3nc4oc5c(C)cccc5c4cc3N(c3c(-c4ccccc4)cccc3-c3ccccc3)[C@@H]2C)c1. The molecule has 0 N–H and O–H groups in total. The summed E-state index contributed by atoms with van der Waals surface area (Å²) in [7, 11) is 0. The highest BCUT2D eigenvalue weighted by Crippen LogP contribution is 2.53. The molecule has 44 heavy (non-hydrogen) atoms. The van der Waals surface area contributed by atoms with Gasteiger partial charge < -0.3 is 14.2 Å². The molecule has 0 fully saturated rings. The molecule has 0 saturated heterocycles. The van der Waals surface area contributed by atoms with Gasteiger partial charge in [-0.3, -0.25) is 0 Å². The van der Waals surface area contributed by atoms with Gasteiger partial charge in [0.1, 0.15) is 11.7 Å². The van der Waals surface area contributed by atoms with Crippen molar-refractivity contribution in [1.82, 2.24) is 4.98 Å². The minimum Gasteiger partial charge on any atom is -0.437 e. The van der Waals surface area contributed by atoms with E-state index in [9.17, 15) is 0 Å². The Hall–Kier alpha value is -5.35. The molecule has 0 aliphatic carbocycles. The molecule has 0 bridgehead atoms. The zero-order valence-electron chi connectivity index (χ0n) is 25.4. The zero-order valence-corrected chi connectivity index (χ0v) is 25.4. The largest absolute Gasteiger partial charge is 0.437 e. The number of nitrogens with zero attached hydrogens (tertiary/aromatic N) is 3. The molecule has 7 aromatic rings. The van der Waals surface area contributed by atoms with Crippen LogP contribution in [-0.4, -0.2) is 11.1 Å². The first kappa shape index (κ1) is 26.3. The average Bonchev–Trinajstić information content (AvgIpc) is 3.56. The number of fused-ring (bicyclic) bond motifs is 4. The Kier molecular flexibility index (Phi) is 6.05. The van der Waals surface area contributed by atoms with Crippen LogP contribution in [0.15, 0.2) is 126 Å². The Morgan fingerprint density at radius 3 is 1.93 bits per heavy atom. The van der Waals surface area contributed by atoms with Crippen LogP contribution in [0.1, 0.15) is 23.6 Å². The van der Waals surface area contributed by atoms with E-state index < -0.39 is 0 Å². The number of hydrogen-bond donors (Lipinski definition) is 0. The van der Waals surface area contributed by atoms with Gasteiger partial charge in [0.25, 0.3) is 0 Å². The highest BCUT2D eigenvalue weighted by atomic mass is 16.3. The van der Waals surface area contributed by atoms with E-state index >= 15 is 0 Å². The van der Waals surface area contributed by atoms with E-state index in [4.69, 9.17) is 9.40 Å². The summed E-state index contributed by atoms with van der Waals surface area (Å²) in [4.78, 5) is 10.2. The fourth-order valence-electron chi connectivity index (χ4n) is 6.80. The van der Waals surface area contributed by atoms with Crippen LogP contribution in [0.25, 0.3) is 44.3 Å². The molecule has 1 aliphatic rings. The van der Waals surface area contributed by atoms with E-state index in [1.54, 1.807) is 0 Å². The van der Waals surface area contributed by atoms with Crippen LogP contribution in [-0.2, 0) is 0 Å².